The molecule has 0 atom stereocenters. The molecule has 2 heterocycles. The molecule has 1 aliphatic heterocycles. The van der Waals surface area contributed by atoms with E-state index >= 15 is 0 Å². The highest BCUT2D eigenvalue weighted by Crippen LogP contribution is 2.31. The fourth-order valence-corrected chi connectivity index (χ4v) is 3.54. The summed E-state index contributed by atoms with van der Waals surface area (Å²) in [6.45, 7) is 6.75. The highest BCUT2D eigenvalue weighted by molar-refractivity contribution is 5.91. The van der Waals surface area contributed by atoms with Crippen LogP contribution in [0.5, 0.6) is 11.5 Å². The van der Waals surface area contributed by atoms with Crippen molar-refractivity contribution in [2.75, 3.05) is 52.8 Å². The van der Waals surface area contributed by atoms with E-state index in [1.165, 1.54) is 0 Å². The van der Waals surface area contributed by atoms with Gasteiger partial charge in [-0.3, -0.25) is 9.69 Å². The van der Waals surface area contributed by atoms with Crippen LogP contribution in [0.4, 0.5) is 5.82 Å². The van der Waals surface area contributed by atoms with E-state index in [2.05, 4.69) is 9.88 Å². The zero-order valence-corrected chi connectivity index (χ0v) is 20.3. The second-order valence-corrected chi connectivity index (χ2v) is 7.61. The molecule has 0 spiro atoms. The van der Waals surface area contributed by atoms with E-state index in [0.29, 0.717) is 37.0 Å². The van der Waals surface area contributed by atoms with E-state index in [4.69, 9.17) is 19.9 Å². The van der Waals surface area contributed by atoms with E-state index in [1.807, 2.05) is 31.2 Å². The molecule has 1 aromatic heterocycles. The number of benzene rings is 1. The van der Waals surface area contributed by atoms with Crippen LogP contribution in [0.25, 0.3) is 6.08 Å². The largest absolute Gasteiger partial charge is 0.493 e. The first-order chi connectivity index (χ1) is 15.5. The lowest BCUT2D eigenvalue weighted by molar-refractivity contribution is -0.125. The molecule has 3 rings (SSSR count). The molecular weight excluding hydrogens is 444 g/mol. The van der Waals surface area contributed by atoms with Crippen LogP contribution in [0.1, 0.15) is 23.6 Å². The second kappa shape index (κ2) is 13.0. The Balaban J connectivity index is 0.00000385. The van der Waals surface area contributed by atoms with Crippen molar-refractivity contribution in [1.82, 2.24) is 14.8 Å². The first-order valence-electron chi connectivity index (χ1n) is 10.8. The first-order valence-corrected chi connectivity index (χ1v) is 10.8. The third-order valence-electron chi connectivity index (χ3n) is 5.29. The average Bonchev–Trinajstić information content (AvgIpc) is 2.81. The Morgan fingerprint density at radius 2 is 2.06 bits per heavy atom. The molecule has 2 aromatic rings. The number of nitrogens with two attached hydrogens (primary N) is 1. The molecule has 180 valence electrons. The number of anilines is 1. The predicted molar refractivity (Wildman–Crippen MR) is 132 cm³/mol. The Morgan fingerprint density at radius 3 is 2.76 bits per heavy atom. The molecule has 0 aliphatic carbocycles. The molecule has 33 heavy (non-hydrogen) atoms. The summed E-state index contributed by atoms with van der Waals surface area (Å²) >= 11 is 0. The maximum atomic E-state index is 12.7. The number of likely N-dealkylation sites (N-methyl/N-ethyl adjacent to an activating group) is 1. The van der Waals surface area contributed by atoms with Crippen LogP contribution >= 0.6 is 12.4 Å². The molecule has 0 bridgehead atoms. The average molecular weight is 477 g/mol. The van der Waals surface area contributed by atoms with Gasteiger partial charge in [-0.2, -0.15) is 0 Å². The van der Waals surface area contributed by atoms with Gasteiger partial charge in [0.15, 0.2) is 11.5 Å². The number of aromatic nitrogens is 1. The van der Waals surface area contributed by atoms with Gasteiger partial charge in [-0.1, -0.05) is 12.1 Å². The molecule has 0 radical (unpaired) electrons. The van der Waals surface area contributed by atoms with Crippen LogP contribution < -0.4 is 15.2 Å². The quantitative estimate of drug-likeness (QED) is 0.556. The van der Waals surface area contributed by atoms with Crippen LogP contribution in [-0.2, 0) is 22.6 Å². The van der Waals surface area contributed by atoms with Gasteiger partial charge < -0.3 is 24.8 Å². The third-order valence-corrected chi connectivity index (χ3v) is 5.29. The number of hydrogen-bond donors (Lipinski definition) is 1. The van der Waals surface area contributed by atoms with Gasteiger partial charge in [-0.25, -0.2) is 4.98 Å². The molecule has 8 nitrogen and oxygen atoms in total. The van der Waals surface area contributed by atoms with Crippen molar-refractivity contribution < 1.29 is 19.0 Å². The summed E-state index contributed by atoms with van der Waals surface area (Å²) in [4.78, 5) is 20.9. The Morgan fingerprint density at radius 1 is 1.30 bits per heavy atom. The van der Waals surface area contributed by atoms with Gasteiger partial charge in [-0.05, 0) is 30.7 Å². The van der Waals surface area contributed by atoms with Crippen molar-refractivity contribution in [3.05, 3.63) is 53.2 Å². The number of nitrogen functional groups attached to an aromatic ring is 1. The molecule has 1 aromatic carbocycles. The van der Waals surface area contributed by atoms with Crippen molar-refractivity contribution >= 4 is 30.2 Å². The zero-order valence-electron chi connectivity index (χ0n) is 19.5. The summed E-state index contributed by atoms with van der Waals surface area (Å²) in [7, 11) is 3.36. The molecular formula is C24H33ClN4O4. The lowest BCUT2D eigenvalue weighted by atomic mass is 10.1. The molecule has 0 unspecified atom stereocenters. The van der Waals surface area contributed by atoms with E-state index < -0.39 is 0 Å². The van der Waals surface area contributed by atoms with Gasteiger partial charge in [0, 0.05) is 56.6 Å². The Labute approximate surface area is 201 Å². The van der Waals surface area contributed by atoms with Crippen LogP contribution in [0.15, 0.2) is 36.5 Å². The number of pyridine rings is 1. The minimum Gasteiger partial charge on any atom is -0.493 e. The summed E-state index contributed by atoms with van der Waals surface area (Å²) in [5, 5.41) is 0. The molecule has 0 saturated carbocycles. The lowest BCUT2D eigenvalue weighted by Crippen LogP contribution is -2.35. The number of rotatable bonds is 9. The maximum absolute atomic E-state index is 12.7. The van der Waals surface area contributed by atoms with Gasteiger partial charge in [0.25, 0.3) is 0 Å². The number of ether oxygens (including phenoxy) is 3. The number of morpholine rings is 1. The number of methoxy groups -OCH3 is 1. The van der Waals surface area contributed by atoms with Crippen LogP contribution in [0, 0.1) is 0 Å². The number of carbonyl (C=O) groups excluding carboxylic acids is 1. The zero-order chi connectivity index (χ0) is 22.9. The second-order valence-electron chi connectivity index (χ2n) is 7.61. The van der Waals surface area contributed by atoms with Gasteiger partial charge in [-0.15, -0.1) is 12.4 Å². The molecule has 1 aliphatic rings. The number of hydrogen-bond acceptors (Lipinski definition) is 7. The first kappa shape index (κ1) is 26.4. The summed E-state index contributed by atoms with van der Waals surface area (Å²) < 4.78 is 16.5. The van der Waals surface area contributed by atoms with Crippen LogP contribution in [0.2, 0.25) is 0 Å². The summed E-state index contributed by atoms with van der Waals surface area (Å²) in [6.07, 6.45) is 4.99. The molecule has 2 N–H and O–H groups in total. The number of para-hydroxylation sites is 1. The Hall–Kier alpha value is -2.81. The SMILES string of the molecule is CCOc1c(CN(C)C(=O)/C=C/c2cnc(N)c(CN3CCOCC3)c2)cccc1OC.Cl. The minimum atomic E-state index is -0.123. The fraction of sp³-hybridized carbons (Fsp3) is 0.417. The van der Waals surface area contributed by atoms with Crippen LogP contribution in [-0.4, -0.2) is 67.8 Å². The van der Waals surface area contributed by atoms with Gasteiger partial charge >= 0.3 is 0 Å². The molecule has 9 heteroatoms. The Kier molecular flexibility index (Phi) is 10.4. The number of carbonyl (C=O) groups is 1. The van der Waals surface area contributed by atoms with E-state index in [-0.39, 0.29) is 18.3 Å². The normalized spacial score (nSPS) is 14.0. The molecule has 1 fully saturated rings. The van der Waals surface area contributed by atoms with Gasteiger partial charge in [0.2, 0.25) is 5.91 Å². The predicted octanol–water partition coefficient (Wildman–Crippen LogP) is 3.00. The van der Waals surface area contributed by atoms with E-state index in [1.54, 1.807) is 37.4 Å². The number of amides is 1. The van der Waals surface area contributed by atoms with Gasteiger partial charge in [0.05, 0.1) is 26.9 Å². The van der Waals surface area contributed by atoms with E-state index in [9.17, 15) is 4.79 Å². The van der Waals surface area contributed by atoms with Crippen molar-refractivity contribution in [2.24, 2.45) is 0 Å². The fourth-order valence-electron chi connectivity index (χ4n) is 3.54. The third kappa shape index (κ3) is 7.35. The Bertz CT molecular complexity index is 948. The topological polar surface area (TPSA) is 90.2 Å². The lowest BCUT2D eigenvalue weighted by Gasteiger charge is -2.26. The summed E-state index contributed by atoms with van der Waals surface area (Å²) in [5.41, 5.74) is 8.74. The standard InChI is InChI=1S/C24H32N4O4.ClH/c1-4-32-23-19(6-5-7-21(23)30-3)16-27(2)22(29)9-8-18-14-20(24(25)26-15-18)17-28-10-12-31-13-11-28;/h5-9,14-15H,4,10-13,16-17H2,1-3H3,(H2,25,26);1H/b9-8+;. The number of nitrogens with zero attached hydrogens (tertiary/aromatic N) is 3. The molecule has 1 saturated heterocycles. The van der Waals surface area contributed by atoms with Crippen LogP contribution in [0.3, 0.4) is 0 Å². The van der Waals surface area contributed by atoms with E-state index in [0.717, 1.165) is 43.0 Å². The minimum absolute atomic E-state index is 0. The number of halogens is 1. The smallest absolute Gasteiger partial charge is 0.246 e. The van der Waals surface area contributed by atoms with Crippen molar-refractivity contribution in [3.63, 3.8) is 0 Å². The van der Waals surface area contributed by atoms with Crippen molar-refractivity contribution in [2.45, 2.75) is 20.0 Å². The van der Waals surface area contributed by atoms with Crippen molar-refractivity contribution in [3.8, 4) is 11.5 Å². The highest BCUT2D eigenvalue weighted by atomic mass is 35.5. The molecule has 1 amide bonds. The van der Waals surface area contributed by atoms with Gasteiger partial charge in [0.1, 0.15) is 5.82 Å². The highest BCUT2D eigenvalue weighted by Gasteiger charge is 2.15. The summed E-state index contributed by atoms with van der Waals surface area (Å²) in [5.74, 6) is 1.71. The summed E-state index contributed by atoms with van der Waals surface area (Å²) in [6, 6.07) is 7.65. The van der Waals surface area contributed by atoms with Crippen molar-refractivity contribution in [1.29, 1.82) is 0 Å². The maximum Gasteiger partial charge on any atom is 0.246 e. The monoisotopic (exact) mass is 476 g/mol.